The topological polar surface area (TPSA) is 17.1 Å². The van der Waals surface area contributed by atoms with E-state index >= 15 is 0 Å². The lowest BCUT2D eigenvalue weighted by atomic mass is 9.66. The van der Waals surface area contributed by atoms with Crippen molar-refractivity contribution in [3.05, 3.63) is 24.8 Å². The van der Waals surface area contributed by atoms with E-state index in [-0.39, 0.29) is 5.92 Å². The van der Waals surface area contributed by atoms with E-state index in [9.17, 15) is 4.79 Å². The Bertz CT molecular complexity index is 342. The van der Waals surface area contributed by atoms with Gasteiger partial charge < -0.3 is 0 Å². The fourth-order valence-corrected chi connectivity index (χ4v) is 3.98. The Morgan fingerprint density at radius 3 is 2.72 bits per heavy atom. The van der Waals surface area contributed by atoms with E-state index in [2.05, 4.69) is 26.2 Å². The molecule has 4 atom stereocenters. The molecule has 0 spiro atoms. The summed E-state index contributed by atoms with van der Waals surface area (Å²) in [6.07, 6.45) is 9.82. The van der Waals surface area contributed by atoms with E-state index in [1.54, 1.807) is 0 Å². The number of carbonyl (C=O) groups is 1. The van der Waals surface area contributed by atoms with Crippen LogP contribution in [0.25, 0.3) is 0 Å². The van der Waals surface area contributed by atoms with Gasteiger partial charge in [-0.2, -0.15) is 0 Å². The minimum Gasteiger partial charge on any atom is -0.299 e. The molecule has 0 aliphatic heterocycles. The first kappa shape index (κ1) is 13.6. The lowest BCUT2D eigenvalue weighted by Crippen LogP contribution is -2.31. The maximum atomic E-state index is 12.0. The highest BCUT2D eigenvalue weighted by atomic mass is 16.1. The Labute approximate surface area is 111 Å². The molecule has 0 aromatic carbocycles. The SMILES string of the molecule is C=CC1CC(C2CCCC2=O)C(=C)CC1CCC. The lowest BCUT2D eigenvalue weighted by molar-refractivity contribution is -0.122. The van der Waals surface area contributed by atoms with Gasteiger partial charge in [0.2, 0.25) is 0 Å². The molecule has 1 nitrogen and oxygen atoms in total. The number of hydrogen-bond donors (Lipinski definition) is 0. The first-order valence-corrected chi connectivity index (χ1v) is 7.50. The van der Waals surface area contributed by atoms with Gasteiger partial charge in [0.05, 0.1) is 0 Å². The van der Waals surface area contributed by atoms with Crippen molar-refractivity contribution in [2.45, 2.75) is 51.9 Å². The van der Waals surface area contributed by atoms with Gasteiger partial charge in [-0.05, 0) is 49.9 Å². The molecule has 2 fully saturated rings. The van der Waals surface area contributed by atoms with Crippen molar-refractivity contribution in [3.63, 3.8) is 0 Å². The van der Waals surface area contributed by atoms with E-state index in [0.29, 0.717) is 23.5 Å². The highest BCUT2D eigenvalue weighted by molar-refractivity contribution is 5.83. The Balaban J connectivity index is 2.08. The summed E-state index contributed by atoms with van der Waals surface area (Å²) < 4.78 is 0. The van der Waals surface area contributed by atoms with E-state index in [1.165, 1.54) is 18.4 Å². The van der Waals surface area contributed by atoms with Crippen LogP contribution in [0.5, 0.6) is 0 Å². The molecule has 1 heteroatoms. The number of allylic oxidation sites excluding steroid dienone is 2. The fraction of sp³-hybridized carbons (Fsp3) is 0.706. The molecule has 0 amide bonds. The monoisotopic (exact) mass is 246 g/mol. The predicted octanol–water partition coefficient (Wildman–Crippen LogP) is 4.54. The Hall–Kier alpha value is -0.850. The van der Waals surface area contributed by atoms with Crippen LogP contribution in [0.3, 0.4) is 0 Å². The summed E-state index contributed by atoms with van der Waals surface area (Å²) in [4.78, 5) is 12.0. The lowest BCUT2D eigenvalue weighted by Gasteiger charge is -2.38. The second-order valence-electron chi connectivity index (χ2n) is 6.12. The number of ketones is 1. The fourth-order valence-electron chi connectivity index (χ4n) is 3.98. The molecule has 100 valence electrons. The summed E-state index contributed by atoms with van der Waals surface area (Å²) in [6, 6.07) is 0. The van der Waals surface area contributed by atoms with Gasteiger partial charge in [-0.3, -0.25) is 4.79 Å². The number of hydrogen-bond acceptors (Lipinski definition) is 1. The van der Waals surface area contributed by atoms with Crippen molar-refractivity contribution in [1.82, 2.24) is 0 Å². The summed E-state index contributed by atoms with van der Waals surface area (Å²) in [7, 11) is 0. The normalized spacial score (nSPS) is 36.9. The summed E-state index contributed by atoms with van der Waals surface area (Å²) in [5.41, 5.74) is 1.34. The quantitative estimate of drug-likeness (QED) is 0.666. The third kappa shape index (κ3) is 2.60. The maximum Gasteiger partial charge on any atom is 0.136 e. The molecule has 0 aromatic rings. The summed E-state index contributed by atoms with van der Waals surface area (Å²) >= 11 is 0. The molecule has 2 aliphatic carbocycles. The molecule has 0 radical (unpaired) electrons. The Morgan fingerprint density at radius 1 is 1.39 bits per heavy atom. The number of rotatable bonds is 4. The van der Waals surface area contributed by atoms with Crippen LogP contribution in [0.15, 0.2) is 24.8 Å². The largest absolute Gasteiger partial charge is 0.299 e. The summed E-state index contributed by atoms with van der Waals surface area (Å²) in [5.74, 6) is 2.51. The molecule has 2 rings (SSSR count). The second-order valence-corrected chi connectivity index (χ2v) is 6.12. The minimum atomic E-state index is 0.280. The van der Waals surface area contributed by atoms with Crippen LogP contribution in [0.1, 0.15) is 51.9 Å². The van der Waals surface area contributed by atoms with Crippen molar-refractivity contribution in [3.8, 4) is 0 Å². The van der Waals surface area contributed by atoms with Gasteiger partial charge in [0.1, 0.15) is 5.78 Å². The molecule has 18 heavy (non-hydrogen) atoms. The van der Waals surface area contributed by atoms with Gasteiger partial charge in [0.15, 0.2) is 0 Å². The van der Waals surface area contributed by atoms with Gasteiger partial charge in [-0.1, -0.05) is 31.6 Å². The first-order valence-electron chi connectivity index (χ1n) is 7.50. The third-order valence-electron chi connectivity index (χ3n) is 4.98. The standard InChI is InChI=1S/C17H26O/c1-4-7-14-10-12(3)16(11-13(14)5-2)15-8-6-9-17(15)18/h5,13-16H,2-4,6-11H2,1H3. The van der Waals surface area contributed by atoms with Gasteiger partial charge in [0.25, 0.3) is 0 Å². The average Bonchev–Trinajstić information content (AvgIpc) is 2.76. The Kier molecular flexibility index (Phi) is 4.42. The van der Waals surface area contributed by atoms with E-state index in [0.717, 1.165) is 32.1 Å². The van der Waals surface area contributed by atoms with Gasteiger partial charge in [-0.15, -0.1) is 6.58 Å². The Morgan fingerprint density at radius 2 is 2.17 bits per heavy atom. The van der Waals surface area contributed by atoms with Crippen molar-refractivity contribution in [2.75, 3.05) is 0 Å². The van der Waals surface area contributed by atoms with Crippen molar-refractivity contribution < 1.29 is 4.79 Å². The molecule has 0 heterocycles. The molecule has 0 saturated heterocycles. The molecular weight excluding hydrogens is 220 g/mol. The molecule has 0 bridgehead atoms. The first-order chi connectivity index (χ1) is 8.67. The molecule has 2 aliphatic rings. The zero-order chi connectivity index (χ0) is 13.1. The predicted molar refractivity (Wildman–Crippen MR) is 76.3 cm³/mol. The average molecular weight is 246 g/mol. The van der Waals surface area contributed by atoms with E-state index in [1.807, 2.05) is 0 Å². The molecule has 0 N–H and O–H groups in total. The van der Waals surface area contributed by atoms with Crippen molar-refractivity contribution >= 4 is 5.78 Å². The van der Waals surface area contributed by atoms with Crippen LogP contribution in [-0.2, 0) is 4.79 Å². The van der Waals surface area contributed by atoms with Gasteiger partial charge >= 0.3 is 0 Å². The van der Waals surface area contributed by atoms with Gasteiger partial charge in [-0.25, -0.2) is 0 Å². The zero-order valence-corrected chi connectivity index (χ0v) is 11.7. The summed E-state index contributed by atoms with van der Waals surface area (Å²) in [5, 5.41) is 0. The second kappa shape index (κ2) is 5.86. The number of Topliss-reactive ketones (excluding diaryl/α,β-unsaturated/α-hetero) is 1. The number of carbonyl (C=O) groups excluding carboxylic acids is 1. The van der Waals surface area contributed by atoms with Crippen LogP contribution >= 0.6 is 0 Å². The van der Waals surface area contributed by atoms with Gasteiger partial charge in [0, 0.05) is 12.3 Å². The smallest absolute Gasteiger partial charge is 0.136 e. The van der Waals surface area contributed by atoms with Crippen molar-refractivity contribution in [2.24, 2.45) is 23.7 Å². The summed E-state index contributed by atoms with van der Waals surface area (Å²) in [6.45, 7) is 10.5. The van der Waals surface area contributed by atoms with Crippen LogP contribution in [0.4, 0.5) is 0 Å². The van der Waals surface area contributed by atoms with Crippen LogP contribution in [0.2, 0.25) is 0 Å². The van der Waals surface area contributed by atoms with E-state index < -0.39 is 0 Å². The third-order valence-corrected chi connectivity index (χ3v) is 4.98. The van der Waals surface area contributed by atoms with Crippen LogP contribution in [-0.4, -0.2) is 5.78 Å². The van der Waals surface area contributed by atoms with E-state index in [4.69, 9.17) is 0 Å². The zero-order valence-electron chi connectivity index (χ0n) is 11.7. The van der Waals surface area contributed by atoms with Crippen molar-refractivity contribution in [1.29, 1.82) is 0 Å². The highest BCUT2D eigenvalue weighted by Gasteiger charge is 2.39. The molecule has 0 aromatic heterocycles. The highest BCUT2D eigenvalue weighted by Crippen LogP contribution is 2.45. The molecule has 2 saturated carbocycles. The molecule has 4 unspecified atom stereocenters. The molecular formula is C17H26O. The minimum absolute atomic E-state index is 0.280. The maximum absolute atomic E-state index is 12.0. The van der Waals surface area contributed by atoms with Crippen LogP contribution < -0.4 is 0 Å². The van der Waals surface area contributed by atoms with Crippen LogP contribution in [0, 0.1) is 23.7 Å².